The van der Waals surface area contributed by atoms with Crippen LogP contribution in [-0.2, 0) is 5.41 Å². The van der Waals surface area contributed by atoms with Crippen molar-refractivity contribution in [1.82, 2.24) is 4.57 Å². The van der Waals surface area contributed by atoms with Crippen LogP contribution in [0.25, 0.3) is 80.7 Å². The monoisotopic (exact) mass is 808 g/mol. The molecule has 0 saturated heterocycles. The van der Waals surface area contributed by atoms with Crippen molar-refractivity contribution >= 4 is 81.1 Å². The SMILES string of the molecule is [2H]c1c([2H])c([2H])c2c(c1[2H])-c1ccccc1C21c2ccccc2-c2cccc3c(N(c4ccc5c6ccccc6n(-c6ccccc6)c5c4)c4cccc5sc6ccccc6c45)ccc1c23. The molecule has 2 aliphatic carbocycles. The minimum atomic E-state index is -1.02. The molecule has 2 aliphatic rings. The van der Waals surface area contributed by atoms with Gasteiger partial charge in [-0.1, -0.05) is 164 Å². The number of thiophene rings is 1. The first-order valence-corrected chi connectivity index (χ1v) is 21.9. The van der Waals surface area contributed by atoms with Crippen LogP contribution < -0.4 is 4.90 Å². The molecule has 14 rings (SSSR count). The average molecular weight is 809 g/mol. The predicted molar refractivity (Wildman–Crippen MR) is 262 cm³/mol. The van der Waals surface area contributed by atoms with Crippen LogP contribution in [0.15, 0.2) is 218 Å². The zero-order valence-electron chi connectivity index (χ0n) is 37.3. The number of para-hydroxylation sites is 2. The summed E-state index contributed by atoms with van der Waals surface area (Å²) in [7, 11) is 0. The minimum Gasteiger partial charge on any atom is -0.309 e. The molecule has 1 unspecified atom stereocenters. The lowest BCUT2D eigenvalue weighted by atomic mass is 9.61. The molecule has 0 radical (unpaired) electrons. The number of hydrogen-bond donors (Lipinski definition) is 0. The molecule has 0 bridgehead atoms. The molecule has 0 amide bonds. The highest BCUT2D eigenvalue weighted by molar-refractivity contribution is 7.26. The van der Waals surface area contributed by atoms with Crippen LogP contribution >= 0.6 is 11.3 Å². The largest absolute Gasteiger partial charge is 0.309 e. The Balaban J connectivity index is 1.13. The molecule has 12 aromatic rings. The van der Waals surface area contributed by atoms with Gasteiger partial charge in [-0.05, 0) is 104 Å². The number of fused-ring (bicyclic) bond motifs is 15. The quantitative estimate of drug-likeness (QED) is 0.172. The maximum absolute atomic E-state index is 9.72. The van der Waals surface area contributed by atoms with Crippen molar-refractivity contribution in [2.24, 2.45) is 0 Å². The molecule has 0 fully saturated rings. The third-order valence-corrected chi connectivity index (χ3v) is 14.6. The van der Waals surface area contributed by atoms with E-state index >= 15 is 0 Å². The summed E-state index contributed by atoms with van der Waals surface area (Å²) >= 11 is 1.81. The molecule has 2 nitrogen and oxygen atoms in total. The maximum Gasteiger partial charge on any atom is 0.0725 e. The van der Waals surface area contributed by atoms with Gasteiger partial charge >= 0.3 is 0 Å². The second kappa shape index (κ2) is 12.7. The first-order valence-electron chi connectivity index (χ1n) is 23.1. The lowest BCUT2D eigenvalue weighted by Gasteiger charge is -2.40. The van der Waals surface area contributed by atoms with E-state index in [1.54, 1.807) is 0 Å². The van der Waals surface area contributed by atoms with Gasteiger partial charge in [0.25, 0.3) is 0 Å². The molecular weight excluding hydrogens is 769 g/mol. The highest BCUT2D eigenvalue weighted by Crippen LogP contribution is 2.62. The van der Waals surface area contributed by atoms with Crippen LogP contribution in [0.2, 0.25) is 0 Å². The van der Waals surface area contributed by atoms with Crippen molar-refractivity contribution in [3.8, 4) is 27.9 Å². The zero-order chi connectivity index (χ0) is 44.0. The highest BCUT2D eigenvalue weighted by atomic mass is 32.1. The topological polar surface area (TPSA) is 8.17 Å². The Morgan fingerprint density at radius 2 is 1.08 bits per heavy atom. The lowest BCUT2D eigenvalue weighted by Crippen LogP contribution is -2.32. The Labute approximate surface area is 368 Å². The molecular formula is C59H36N2S. The average Bonchev–Trinajstić information content (AvgIpc) is 4.02. The van der Waals surface area contributed by atoms with Crippen molar-refractivity contribution in [3.05, 3.63) is 241 Å². The van der Waals surface area contributed by atoms with E-state index < -0.39 is 5.41 Å². The Bertz CT molecular complexity index is 4080. The molecule has 0 aliphatic heterocycles. The fourth-order valence-electron chi connectivity index (χ4n) is 11.1. The molecule has 0 saturated carbocycles. The first kappa shape index (κ1) is 30.3. The third kappa shape index (κ3) is 4.37. The Morgan fingerprint density at radius 3 is 1.95 bits per heavy atom. The summed E-state index contributed by atoms with van der Waals surface area (Å²) in [5.41, 5.74) is 12.6. The van der Waals surface area contributed by atoms with Crippen molar-refractivity contribution in [3.63, 3.8) is 0 Å². The third-order valence-electron chi connectivity index (χ3n) is 13.5. The van der Waals surface area contributed by atoms with Gasteiger partial charge in [0.15, 0.2) is 0 Å². The summed E-state index contributed by atoms with van der Waals surface area (Å²) in [6.45, 7) is 0. The van der Waals surface area contributed by atoms with E-state index in [1.807, 2.05) is 29.5 Å². The van der Waals surface area contributed by atoms with Crippen molar-refractivity contribution in [1.29, 1.82) is 0 Å². The van der Waals surface area contributed by atoms with Crippen molar-refractivity contribution < 1.29 is 5.48 Å². The first-order chi connectivity index (χ1) is 32.4. The smallest absolute Gasteiger partial charge is 0.0725 e. The van der Waals surface area contributed by atoms with E-state index in [4.69, 9.17) is 2.74 Å². The van der Waals surface area contributed by atoms with Crippen molar-refractivity contribution in [2.75, 3.05) is 4.90 Å². The molecule has 3 heteroatoms. The number of anilines is 3. The molecule has 1 spiro atoms. The van der Waals surface area contributed by atoms with Crippen molar-refractivity contribution in [2.45, 2.75) is 5.41 Å². The van der Waals surface area contributed by atoms with Gasteiger partial charge in [0.1, 0.15) is 0 Å². The summed E-state index contributed by atoms with van der Waals surface area (Å²) in [5, 5.41) is 6.89. The number of aromatic nitrogens is 1. The Morgan fingerprint density at radius 1 is 0.419 bits per heavy atom. The second-order valence-corrected chi connectivity index (χ2v) is 17.5. The van der Waals surface area contributed by atoms with Crippen LogP contribution in [0.1, 0.15) is 27.7 Å². The molecule has 0 N–H and O–H groups in total. The molecule has 2 heterocycles. The number of benzene rings is 10. The van der Waals surface area contributed by atoms with E-state index in [2.05, 4.69) is 185 Å². The van der Waals surface area contributed by atoms with E-state index in [9.17, 15) is 2.74 Å². The summed E-state index contributed by atoms with van der Waals surface area (Å²) in [5.74, 6) is 0. The minimum absolute atomic E-state index is 0.00615. The van der Waals surface area contributed by atoms with Crippen LogP contribution in [0.3, 0.4) is 0 Å². The van der Waals surface area contributed by atoms with Crippen LogP contribution in [-0.4, -0.2) is 4.57 Å². The Kier molecular flexibility index (Phi) is 6.19. The number of nitrogens with zero attached hydrogens (tertiary/aromatic N) is 2. The standard InChI is InChI=1S/C59H36N2S/c1-2-16-37(17-3-1)60-51-28-12-7-21-42(51)43-33-32-38(36-54(43)60)61(53-29-15-31-56-58(53)46-22-8-13-30-55(46)62-56)52-35-34-50-57-44(23-14-24-45(52)57)41-20-6-11-27-49(41)59(50)47-25-9-4-18-39(47)40-19-5-10-26-48(40)59/h1-36H/i4D,9D,18D,25D. The van der Waals surface area contributed by atoms with E-state index in [0.29, 0.717) is 11.1 Å². The fourth-order valence-corrected chi connectivity index (χ4v) is 12.3. The highest BCUT2D eigenvalue weighted by Gasteiger charge is 2.50. The molecule has 62 heavy (non-hydrogen) atoms. The fraction of sp³-hybridized carbons (Fsp3) is 0.0169. The summed E-state index contributed by atoms with van der Waals surface area (Å²) in [4.78, 5) is 2.45. The van der Waals surface area contributed by atoms with Gasteiger partial charge in [-0.25, -0.2) is 0 Å². The van der Waals surface area contributed by atoms with Gasteiger partial charge in [-0.2, -0.15) is 0 Å². The van der Waals surface area contributed by atoms with Gasteiger partial charge in [-0.15, -0.1) is 11.3 Å². The predicted octanol–water partition coefficient (Wildman–Crippen LogP) is 16.1. The van der Waals surface area contributed by atoms with Gasteiger partial charge in [0, 0.05) is 47.7 Å². The molecule has 2 aromatic heterocycles. The lowest BCUT2D eigenvalue weighted by molar-refractivity contribution is 0.773. The summed E-state index contributed by atoms with van der Waals surface area (Å²) < 4.78 is 41.9. The number of rotatable bonds is 4. The van der Waals surface area contributed by atoms with Crippen LogP contribution in [0, 0.1) is 0 Å². The van der Waals surface area contributed by atoms with Gasteiger partial charge in [-0.3, -0.25) is 0 Å². The number of hydrogen-bond acceptors (Lipinski definition) is 2. The van der Waals surface area contributed by atoms with Gasteiger partial charge in [0.05, 0.1) is 33.3 Å². The Hall–Kier alpha value is -7.72. The van der Waals surface area contributed by atoms with Crippen LogP contribution in [0.4, 0.5) is 17.1 Å². The van der Waals surface area contributed by atoms with Gasteiger partial charge in [0.2, 0.25) is 0 Å². The molecule has 1 atom stereocenters. The normalized spacial score (nSPS) is 15.7. The summed E-state index contributed by atoms with van der Waals surface area (Å²) in [6, 6.07) is 68.8. The zero-order valence-corrected chi connectivity index (χ0v) is 34.1. The molecule has 10 aromatic carbocycles. The molecule has 288 valence electrons. The van der Waals surface area contributed by atoms with Crippen LogP contribution in [0.5, 0.6) is 0 Å². The van der Waals surface area contributed by atoms with E-state index in [0.717, 1.165) is 77.9 Å². The van der Waals surface area contributed by atoms with Gasteiger partial charge < -0.3 is 9.47 Å². The second-order valence-electron chi connectivity index (χ2n) is 16.4. The maximum atomic E-state index is 9.72. The summed E-state index contributed by atoms with van der Waals surface area (Å²) in [6.07, 6.45) is 0. The van der Waals surface area contributed by atoms with E-state index in [1.165, 1.54) is 30.9 Å². The van der Waals surface area contributed by atoms with E-state index in [-0.39, 0.29) is 24.2 Å².